The summed E-state index contributed by atoms with van der Waals surface area (Å²) in [4.78, 5) is 11.9. The number of Topliss-reactive ketones (excluding diaryl/α,β-unsaturated/α-hetero) is 1. The minimum atomic E-state index is -0.301. The van der Waals surface area contributed by atoms with Crippen LogP contribution in [0.25, 0.3) is 0 Å². The van der Waals surface area contributed by atoms with Gasteiger partial charge in [-0.2, -0.15) is 0 Å². The zero-order chi connectivity index (χ0) is 10.2. The number of hydrogen-bond donors (Lipinski definition) is 1. The minimum Gasteiger partial charge on any atom is -0.299 e. The van der Waals surface area contributed by atoms with E-state index in [1.54, 1.807) is 5.01 Å². The number of carbonyl (C=O) groups is 1. The number of hydrazine groups is 1. The van der Waals surface area contributed by atoms with Crippen LogP contribution in [0.1, 0.15) is 20.8 Å². The van der Waals surface area contributed by atoms with Gasteiger partial charge in [0.05, 0.1) is 5.92 Å². The van der Waals surface area contributed by atoms with Gasteiger partial charge in [0.25, 0.3) is 0 Å². The summed E-state index contributed by atoms with van der Waals surface area (Å²) >= 11 is 6.07. The summed E-state index contributed by atoms with van der Waals surface area (Å²) in [5.41, 5.74) is 2.54. The quantitative estimate of drug-likeness (QED) is 0.515. The lowest BCUT2D eigenvalue weighted by atomic mass is 9.83. The van der Waals surface area contributed by atoms with E-state index in [9.17, 15) is 4.79 Å². The van der Waals surface area contributed by atoms with Crippen LogP contribution >= 0.6 is 11.6 Å². The van der Waals surface area contributed by atoms with E-state index in [1.165, 1.54) is 0 Å². The third kappa shape index (κ3) is 2.22. The van der Waals surface area contributed by atoms with Crippen molar-refractivity contribution in [2.45, 2.75) is 26.3 Å². The van der Waals surface area contributed by atoms with Crippen molar-refractivity contribution in [1.29, 1.82) is 0 Å². The molecule has 1 heterocycles. The molecule has 0 aromatic rings. The van der Waals surface area contributed by atoms with Gasteiger partial charge < -0.3 is 0 Å². The maximum Gasteiger partial charge on any atom is 0.145 e. The molecular weight excluding hydrogens is 188 g/mol. The molecular formula is C9H17ClN2O. The highest BCUT2D eigenvalue weighted by Gasteiger charge is 2.39. The van der Waals surface area contributed by atoms with Crippen LogP contribution in [0, 0.1) is 11.3 Å². The summed E-state index contributed by atoms with van der Waals surface area (Å²) < 4.78 is 0. The van der Waals surface area contributed by atoms with E-state index in [0.29, 0.717) is 6.54 Å². The number of carbonyl (C=O) groups excluding carboxylic acids is 1. The third-order valence-corrected chi connectivity index (χ3v) is 2.94. The molecule has 0 aromatic carbocycles. The largest absolute Gasteiger partial charge is 0.299 e. The molecule has 0 bridgehead atoms. The zero-order valence-electron chi connectivity index (χ0n) is 8.60. The minimum absolute atomic E-state index is 0.0910. The van der Waals surface area contributed by atoms with E-state index in [-0.39, 0.29) is 22.6 Å². The van der Waals surface area contributed by atoms with Gasteiger partial charge >= 0.3 is 0 Å². The Hall–Kier alpha value is -0.120. The maximum absolute atomic E-state index is 11.9. The predicted molar refractivity (Wildman–Crippen MR) is 53.4 cm³/mol. The van der Waals surface area contributed by atoms with E-state index in [0.717, 1.165) is 0 Å². The molecule has 1 N–H and O–H groups in total. The predicted octanol–water partition coefficient (Wildman–Crippen LogP) is 1.23. The van der Waals surface area contributed by atoms with Gasteiger partial charge in [-0.15, -0.1) is 11.6 Å². The Balaban J connectivity index is 2.69. The molecule has 13 heavy (non-hydrogen) atoms. The molecule has 2 atom stereocenters. The van der Waals surface area contributed by atoms with Gasteiger partial charge in [-0.05, 0) is 0 Å². The fourth-order valence-corrected chi connectivity index (χ4v) is 1.74. The summed E-state index contributed by atoms with van der Waals surface area (Å²) in [7, 11) is 1.85. The highest BCUT2D eigenvalue weighted by molar-refractivity contribution is 6.22. The first-order chi connectivity index (χ1) is 5.84. The summed E-state index contributed by atoms with van der Waals surface area (Å²) in [5, 5.41) is 1.79. The number of alkyl halides is 1. The normalized spacial score (nSPS) is 30.8. The Bertz CT molecular complexity index is 212. The average molecular weight is 205 g/mol. The molecule has 0 aliphatic carbocycles. The number of nitrogens with one attached hydrogen (secondary N) is 1. The Morgan fingerprint density at radius 2 is 2.08 bits per heavy atom. The van der Waals surface area contributed by atoms with E-state index in [4.69, 9.17) is 11.6 Å². The number of ketones is 1. The molecule has 1 aliphatic heterocycles. The van der Waals surface area contributed by atoms with E-state index >= 15 is 0 Å². The van der Waals surface area contributed by atoms with E-state index in [1.807, 2.05) is 27.8 Å². The first-order valence-corrected chi connectivity index (χ1v) is 4.92. The Morgan fingerprint density at radius 1 is 1.54 bits per heavy atom. The fraction of sp³-hybridized carbons (Fsp3) is 0.889. The van der Waals surface area contributed by atoms with Crippen molar-refractivity contribution >= 4 is 17.4 Å². The van der Waals surface area contributed by atoms with Crippen molar-refractivity contribution in [3.8, 4) is 0 Å². The van der Waals surface area contributed by atoms with E-state index in [2.05, 4.69) is 5.43 Å². The van der Waals surface area contributed by atoms with Crippen LogP contribution < -0.4 is 5.43 Å². The topological polar surface area (TPSA) is 32.3 Å². The van der Waals surface area contributed by atoms with Gasteiger partial charge in [0.1, 0.15) is 11.3 Å². The smallest absolute Gasteiger partial charge is 0.145 e. The second-order valence-electron chi connectivity index (χ2n) is 4.57. The summed E-state index contributed by atoms with van der Waals surface area (Å²) in [6.45, 7) is 6.44. The molecule has 0 amide bonds. The van der Waals surface area contributed by atoms with Gasteiger partial charge in [0.2, 0.25) is 0 Å². The van der Waals surface area contributed by atoms with Crippen molar-refractivity contribution in [2.75, 3.05) is 13.6 Å². The highest BCUT2D eigenvalue weighted by atomic mass is 35.5. The van der Waals surface area contributed by atoms with Gasteiger partial charge in [0, 0.05) is 19.0 Å². The highest BCUT2D eigenvalue weighted by Crippen LogP contribution is 2.27. The first-order valence-electron chi connectivity index (χ1n) is 4.49. The molecule has 0 radical (unpaired) electrons. The molecule has 0 spiro atoms. The molecule has 0 aromatic heterocycles. The molecule has 4 heteroatoms. The molecule has 1 rings (SSSR count). The molecule has 0 saturated carbocycles. The lowest BCUT2D eigenvalue weighted by molar-refractivity contribution is -0.130. The fourth-order valence-electron chi connectivity index (χ4n) is 1.47. The second-order valence-corrected chi connectivity index (χ2v) is 5.01. The van der Waals surface area contributed by atoms with Crippen molar-refractivity contribution in [1.82, 2.24) is 10.4 Å². The van der Waals surface area contributed by atoms with Crippen molar-refractivity contribution < 1.29 is 4.79 Å². The standard InChI is InChI=1S/C9H17ClN2O/c1-9(2,3)7(13)6-5-11-12(4)8(6)10/h6,8,11H,5H2,1-4H3. The lowest BCUT2D eigenvalue weighted by Gasteiger charge is -2.23. The zero-order valence-corrected chi connectivity index (χ0v) is 9.35. The number of rotatable bonds is 1. The Kier molecular flexibility index (Phi) is 3.00. The van der Waals surface area contributed by atoms with Gasteiger partial charge in [0.15, 0.2) is 0 Å². The van der Waals surface area contributed by atoms with Crippen LogP contribution in [0.3, 0.4) is 0 Å². The van der Waals surface area contributed by atoms with Crippen LogP contribution in [0.5, 0.6) is 0 Å². The van der Waals surface area contributed by atoms with Crippen molar-refractivity contribution in [3.05, 3.63) is 0 Å². The number of hydrogen-bond acceptors (Lipinski definition) is 3. The molecule has 76 valence electrons. The molecule has 3 nitrogen and oxygen atoms in total. The SMILES string of the molecule is CN1NCC(C(=O)C(C)(C)C)C1Cl. The Labute approximate surface area is 84.4 Å². The molecule has 2 unspecified atom stereocenters. The van der Waals surface area contributed by atoms with Gasteiger partial charge in [-0.3, -0.25) is 10.2 Å². The van der Waals surface area contributed by atoms with Crippen LogP contribution in [0.4, 0.5) is 0 Å². The number of halogens is 1. The summed E-state index contributed by atoms with van der Waals surface area (Å²) in [6.07, 6.45) is 0. The third-order valence-electron chi connectivity index (χ3n) is 2.34. The van der Waals surface area contributed by atoms with Crippen LogP contribution in [-0.4, -0.2) is 29.9 Å². The van der Waals surface area contributed by atoms with Crippen molar-refractivity contribution in [2.24, 2.45) is 11.3 Å². The molecule has 1 aliphatic rings. The lowest BCUT2D eigenvalue weighted by Crippen LogP contribution is -2.35. The van der Waals surface area contributed by atoms with Crippen molar-refractivity contribution in [3.63, 3.8) is 0 Å². The van der Waals surface area contributed by atoms with Crippen LogP contribution in [0.2, 0.25) is 0 Å². The molecule has 1 fully saturated rings. The monoisotopic (exact) mass is 204 g/mol. The molecule has 1 saturated heterocycles. The Morgan fingerprint density at radius 3 is 2.38 bits per heavy atom. The second kappa shape index (κ2) is 3.56. The summed E-state index contributed by atoms with van der Waals surface area (Å²) in [6, 6.07) is 0. The average Bonchev–Trinajstić information content (AvgIpc) is 2.30. The first kappa shape index (κ1) is 11.0. The van der Waals surface area contributed by atoms with Gasteiger partial charge in [-0.25, -0.2) is 5.01 Å². The van der Waals surface area contributed by atoms with Crippen LogP contribution in [0.15, 0.2) is 0 Å². The van der Waals surface area contributed by atoms with E-state index < -0.39 is 0 Å². The maximum atomic E-state index is 11.9. The van der Waals surface area contributed by atoms with Gasteiger partial charge in [-0.1, -0.05) is 20.8 Å². The van der Waals surface area contributed by atoms with Crippen LogP contribution in [-0.2, 0) is 4.79 Å². The number of nitrogens with zero attached hydrogens (tertiary/aromatic N) is 1. The summed E-state index contributed by atoms with van der Waals surface area (Å²) in [5.74, 6) is 0.135.